The fourth-order valence-corrected chi connectivity index (χ4v) is 4.26. The zero-order valence-corrected chi connectivity index (χ0v) is 18.1. The van der Waals surface area contributed by atoms with Gasteiger partial charge in [0.1, 0.15) is 0 Å². The van der Waals surface area contributed by atoms with Crippen molar-refractivity contribution in [1.82, 2.24) is 9.88 Å². The second-order valence-corrected chi connectivity index (χ2v) is 8.42. The molecule has 0 unspecified atom stereocenters. The van der Waals surface area contributed by atoms with Crippen molar-refractivity contribution >= 4 is 45.4 Å². The van der Waals surface area contributed by atoms with Crippen LogP contribution in [-0.4, -0.2) is 53.4 Å². The van der Waals surface area contributed by atoms with Crippen LogP contribution < -0.4 is 10.2 Å². The molecule has 2 heterocycles. The van der Waals surface area contributed by atoms with Crippen LogP contribution in [0.25, 0.3) is 11.3 Å². The maximum Gasteiger partial charge on any atom is 0.269 e. The molecule has 1 N–H and O–H groups in total. The largest absolute Gasteiger partial charge is 0.369 e. The van der Waals surface area contributed by atoms with Gasteiger partial charge in [0.2, 0.25) is 5.91 Å². The lowest BCUT2D eigenvalue weighted by Crippen LogP contribution is -2.48. The van der Waals surface area contributed by atoms with Gasteiger partial charge in [-0.1, -0.05) is 23.7 Å². The predicted molar refractivity (Wildman–Crippen MR) is 123 cm³/mol. The number of carbonyl (C=O) groups excluding carboxylic acids is 1. The standard InChI is InChI=1S/C21H20ClN5O3S/c22-16-3-1-15(2-4-16)19-14-31-21(23-19)24-20(28)13-25-9-11-26(12-10-25)17-5-7-18(8-6-17)27(29)30/h1-8,14H,9-13H2,(H,23,24,28). The summed E-state index contributed by atoms with van der Waals surface area (Å²) in [6.45, 7) is 3.27. The van der Waals surface area contributed by atoms with E-state index in [0.29, 0.717) is 16.7 Å². The molecule has 0 spiro atoms. The van der Waals surface area contributed by atoms with Crippen LogP contribution in [0, 0.1) is 10.1 Å². The Morgan fingerprint density at radius 3 is 2.42 bits per heavy atom. The highest BCUT2D eigenvalue weighted by atomic mass is 35.5. The number of benzene rings is 2. The van der Waals surface area contributed by atoms with Crippen molar-refractivity contribution in [3.63, 3.8) is 0 Å². The topological polar surface area (TPSA) is 91.6 Å². The predicted octanol–water partition coefficient (Wildman–Crippen LogP) is 4.13. The number of non-ortho nitro benzene ring substituents is 1. The van der Waals surface area contributed by atoms with Crippen LogP contribution >= 0.6 is 22.9 Å². The zero-order valence-electron chi connectivity index (χ0n) is 16.5. The van der Waals surface area contributed by atoms with E-state index in [-0.39, 0.29) is 11.6 Å². The number of aromatic nitrogens is 1. The molecule has 0 atom stereocenters. The molecule has 3 aromatic rings. The van der Waals surface area contributed by atoms with Crippen LogP contribution in [0.4, 0.5) is 16.5 Å². The minimum absolute atomic E-state index is 0.0838. The Morgan fingerprint density at radius 1 is 1.10 bits per heavy atom. The van der Waals surface area contributed by atoms with E-state index in [1.165, 1.54) is 23.5 Å². The highest BCUT2D eigenvalue weighted by molar-refractivity contribution is 7.14. The SMILES string of the molecule is O=C(CN1CCN(c2ccc([N+](=O)[O-])cc2)CC1)Nc1nc(-c2ccc(Cl)cc2)cs1. The van der Waals surface area contributed by atoms with Gasteiger partial charge < -0.3 is 10.2 Å². The second-order valence-electron chi connectivity index (χ2n) is 7.13. The number of nitro groups is 1. The molecule has 0 aliphatic carbocycles. The van der Waals surface area contributed by atoms with Crippen LogP contribution in [0.15, 0.2) is 53.9 Å². The van der Waals surface area contributed by atoms with E-state index in [2.05, 4.69) is 20.1 Å². The Morgan fingerprint density at radius 2 is 1.77 bits per heavy atom. The third-order valence-corrected chi connectivity index (χ3v) is 6.07. The number of amides is 1. The molecule has 2 aromatic carbocycles. The minimum atomic E-state index is -0.402. The molecule has 0 bridgehead atoms. The molecule has 160 valence electrons. The summed E-state index contributed by atoms with van der Waals surface area (Å²) in [5, 5.41) is 16.8. The molecule has 1 aliphatic rings. The van der Waals surface area contributed by atoms with Gasteiger partial charge >= 0.3 is 0 Å². The molecule has 0 radical (unpaired) electrons. The van der Waals surface area contributed by atoms with Crippen molar-refractivity contribution in [2.45, 2.75) is 0 Å². The molecule has 8 nitrogen and oxygen atoms in total. The first-order chi connectivity index (χ1) is 15.0. The van der Waals surface area contributed by atoms with Crippen LogP contribution in [0.3, 0.4) is 0 Å². The van der Waals surface area contributed by atoms with Gasteiger partial charge in [-0.15, -0.1) is 11.3 Å². The van der Waals surface area contributed by atoms with E-state index in [0.717, 1.165) is 43.1 Å². The summed E-state index contributed by atoms with van der Waals surface area (Å²) >= 11 is 7.31. The maximum absolute atomic E-state index is 12.4. The van der Waals surface area contributed by atoms with E-state index in [4.69, 9.17) is 11.6 Å². The summed E-state index contributed by atoms with van der Waals surface area (Å²) in [7, 11) is 0. The minimum Gasteiger partial charge on any atom is -0.369 e. The third-order valence-electron chi connectivity index (χ3n) is 5.06. The molecule has 1 aliphatic heterocycles. The molecule has 1 saturated heterocycles. The Kier molecular flexibility index (Phi) is 6.45. The first-order valence-corrected chi connectivity index (χ1v) is 11.0. The van der Waals surface area contributed by atoms with Crippen LogP contribution in [0.2, 0.25) is 5.02 Å². The molecular formula is C21H20ClN5O3S. The van der Waals surface area contributed by atoms with Gasteiger partial charge in [-0.3, -0.25) is 19.8 Å². The van der Waals surface area contributed by atoms with Crippen molar-refractivity contribution in [1.29, 1.82) is 0 Å². The smallest absolute Gasteiger partial charge is 0.269 e. The van der Waals surface area contributed by atoms with Crippen molar-refractivity contribution in [3.8, 4) is 11.3 Å². The van der Waals surface area contributed by atoms with E-state index < -0.39 is 4.92 Å². The first-order valence-electron chi connectivity index (χ1n) is 9.71. The molecule has 4 rings (SSSR count). The van der Waals surface area contributed by atoms with Gasteiger partial charge in [0.25, 0.3) is 5.69 Å². The monoisotopic (exact) mass is 457 g/mol. The number of nitro benzene ring substituents is 1. The number of thiazole rings is 1. The number of carbonyl (C=O) groups is 1. The summed E-state index contributed by atoms with van der Waals surface area (Å²) in [6, 6.07) is 14.0. The van der Waals surface area contributed by atoms with Crippen molar-refractivity contribution in [2.75, 3.05) is 42.9 Å². The van der Waals surface area contributed by atoms with Gasteiger partial charge in [-0.25, -0.2) is 4.98 Å². The molecule has 1 amide bonds. The fraction of sp³-hybridized carbons (Fsp3) is 0.238. The summed E-state index contributed by atoms with van der Waals surface area (Å²) < 4.78 is 0. The average Bonchev–Trinajstić information content (AvgIpc) is 3.23. The number of anilines is 2. The van der Waals surface area contributed by atoms with E-state index >= 15 is 0 Å². The van der Waals surface area contributed by atoms with Crippen LogP contribution in [-0.2, 0) is 4.79 Å². The van der Waals surface area contributed by atoms with Gasteiger partial charge in [-0.05, 0) is 24.3 Å². The normalized spacial score (nSPS) is 14.4. The molecule has 0 saturated carbocycles. The van der Waals surface area contributed by atoms with Crippen molar-refractivity contribution < 1.29 is 9.72 Å². The van der Waals surface area contributed by atoms with Gasteiger partial charge in [0.05, 0.1) is 17.2 Å². The first kappa shape index (κ1) is 21.2. The Labute approximate surface area is 188 Å². The van der Waals surface area contributed by atoms with E-state index in [9.17, 15) is 14.9 Å². The quantitative estimate of drug-likeness (QED) is 0.442. The lowest BCUT2D eigenvalue weighted by Gasteiger charge is -2.35. The van der Waals surface area contributed by atoms with Gasteiger partial charge in [0, 0.05) is 60.0 Å². The van der Waals surface area contributed by atoms with Gasteiger partial charge in [0.15, 0.2) is 5.13 Å². The van der Waals surface area contributed by atoms with Crippen molar-refractivity contribution in [2.24, 2.45) is 0 Å². The Hall–Kier alpha value is -3.01. The number of piperazine rings is 1. The molecular weight excluding hydrogens is 438 g/mol. The van der Waals surface area contributed by atoms with E-state index in [1.54, 1.807) is 12.1 Å². The lowest BCUT2D eigenvalue weighted by molar-refractivity contribution is -0.384. The zero-order chi connectivity index (χ0) is 21.8. The molecule has 10 heteroatoms. The van der Waals surface area contributed by atoms with Crippen molar-refractivity contribution in [3.05, 3.63) is 69.0 Å². The number of nitrogens with one attached hydrogen (secondary N) is 1. The van der Waals surface area contributed by atoms with E-state index in [1.807, 2.05) is 29.6 Å². The molecule has 1 fully saturated rings. The Balaban J connectivity index is 1.26. The summed E-state index contributed by atoms with van der Waals surface area (Å²) in [5.74, 6) is -0.0965. The number of nitrogens with zero attached hydrogens (tertiary/aromatic N) is 4. The number of halogens is 1. The molecule has 31 heavy (non-hydrogen) atoms. The number of rotatable bonds is 6. The number of hydrogen-bond donors (Lipinski definition) is 1. The highest BCUT2D eigenvalue weighted by Crippen LogP contribution is 2.26. The second kappa shape index (κ2) is 9.42. The molecule has 1 aromatic heterocycles. The maximum atomic E-state index is 12.4. The highest BCUT2D eigenvalue weighted by Gasteiger charge is 2.20. The Bertz CT molecular complexity index is 1060. The van der Waals surface area contributed by atoms with Crippen LogP contribution in [0.5, 0.6) is 0 Å². The summed E-state index contributed by atoms with van der Waals surface area (Å²) in [4.78, 5) is 31.6. The third kappa shape index (κ3) is 5.38. The average molecular weight is 458 g/mol. The lowest BCUT2D eigenvalue weighted by atomic mass is 10.2. The number of hydrogen-bond acceptors (Lipinski definition) is 7. The summed E-state index contributed by atoms with van der Waals surface area (Å²) in [6.07, 6.45) is 0. The van der Waals surface area contributed by atoms with Gasteiger partial charge in [-0.2, -0.15) is 0 Å². The fourth-order valence-electron chi connectivity index (χ4n) is 3.40. The van der Waals surface area contributed by atoms with Crippen LogP contribution in [0.1, 0.15) is 0 Å². The summed E-state index contributed by atoms with van der Waals surface area (Å²) in [5.41, 5.74) is 2.78.